The Labute approximate surface area is 149 Å². The van der Waals surface area contributed by atoms with Gasteiger partial charge in [-0.05, 0) is 38.0 Å². The molecule has 1 aliphatic carbocycles. The Kier molecular flexibility index (Phi) is 3.02. The molecular weight excluding hydrogens is 328 g/mol. The Balaban J connectivity index is 1.60. The molecule has 8 nitrogen and oxygen atoms in total. The van der Waals surface area contributed by atoms with Gasteiger partial charge in [-0.2, -0.15) is 5.10 Å². The van der Waals surface area contributed by atoms with Crippen molar-refractivity contribution < 1.29 is 0 Å². The molecule has 4 aromatic rings. The smallest absolute Gasteiger partial charge is 0.169 e. The number of rotatable bonds is 2. The van der Waals surface area contributed by atoms with E-state index >= 15 is 0 Å². The van der Waals surface area contributed by atoms with Crippen LogP contribution < -0.4 is 11.5 Å². The Bertz CT molecular complexity index is 1150. The van der Waals surface area contributed by atoms with E-state index in [1.54, 1.807) is 0 Å². The van der Waals surface area contributed by atoms with Crippen LogP contribution in [0.3, 0.4) is 0 Å². The van der Waals surface area contributed by atoms with Crippen molar-refractivity contribution in [3.05, 3.63) is 42.2 Å². The lowest BCUT2D eigenvalue weighted by Crippen LogP contribution is -2.56. The number of nitrogens with zero attached hydrogens (tertiary/aromatic N) is 6. The van der Waals surface area contributed by atoms with E-state index in [1.807, 2.05) is 53.6 Å². The Morgan fingerprint density at radius 1 is 1.19 bits per heavy atom. The average molecular weight is 348 g/mol. The topological polar surface area (TPSA) is 113 Å². The minimum atomic E-state index is -0.512. The standard InChI is InChI=1S/C18H20N8/c1-10-22-14-4-3-13(23-16(14)25(10)2)12-5-6-26-15(12)9-21-17(24-26)18(20)7-11(19)8-18/h3-6,9,11H,7-8,19-20H2,1-2H3. The average Bonchev–Trinajstić information content (AvgIpc) is 3.14. The maximum atomic E-state index is 6.36. The molecule has 0 aromatic carbocycles. The number of nitrogens with two attached hydrogens (primary N) is 2. The first-order valence-electron chi connectivity index (χ1n) is 8.64. The van der Waals surface area contributed by atoms with Crippen molar-refractivity contribution in [2.75, 3.05) is 0 Å². The summed E-state index contributed by atoms with van der Waals surface area (Å²) in [5.41, 5.74) is 16.2. The highest BCUT2D eigenvalue weighted by Crippen LogP contribution is 2.36. The zero-order valence-electron chi connectivity index (χ0n) is 14.7. The fraction of sp³-hybridized carbons (Fsp3) is 0.333. The van der Waals surface area contributed by atoms with Crippen LogP contribution in [0.15, 0.2) is 30.6 Å². The summed E-state index contributed by atoms with van der Waals surface area (Å²) in [6.07, 6.45) is 5.16. The monoisotopic (exact) mass is 348 g/mol. The van der Waals surface area contributed by atoms with Crippen LogP contribution in [0.4, 0.5) is 0 Å². The Morgan fingerprint density at radius 3 is 2.77 bits per heavy atom. The van der Waals surface area contributed by atoms with Gasteiger partial charge in [-0.15, -0.1) is 0 Å². The predicted molar refractivity (Wildman–Crippen MR) is 98.3 cm³/mol. The van der Waals surface area contributed by atoms with Gasteiger partial charge in [0.25, 0.3) is 0 Å². The van der Waals surface area contributed by atoms with Gasteiger partial charge >= 0.3 is 0 Å². The van der Waals surface area contributed by atoms with Crippen LogP contribution in [0.5, 0.6) is 0 Å². The van der Waals surface area contributed by atoms with Crippen LogP contribution in [-0.2, 0) is 12.6 Å². The summed E-state index contributed by atoms with van der Waals surface area (Å²) in [6.45, 7) is 1.97. The summed E-state index contributed by atoms with van der Waals surface area (Å²) in [5.74, 6) is 1.57. The second-order valence-electron chi connectivity index (χ2n) is 7.22. The second-order valence-corrected chi connectivity index (χ2v) is 7.22. The molecule has 1 aliphatic rings. The third-order valence-corrected chi connectivity index (χ3v) is 5.33. The molecule has 4 aromatic heterocycles. The van der Waals surface area contributed by atoms with Crippen molar-refractivity contribution in [2.24, 2.45) is 18.5 Å². The maximum Gasteiger partial charge on any atom is 0.169 e. The number of hydrogen-bond donors (Lipinski definition) is 2. The van der Waals surface area contributed by atoms with E-state index in [4.69, 9.17) is 16.5 Å². The molecule has 0 spiro atoms. The largest absolute Gasteiger partial charge is 0.328 e. The summed E-state index contributed by atoms with van der Waals surface area (Å²) >= 11 is 0. The van der Waals surface area contributed by atoms with Gasteiger partial charge in [0.2, 0.25) is 0 Å². The van der Waals surface area contributed by atoms with Crippen LogP contribution in [0.2, 0.25) is 0 Å². The number of pyridine rings is 1. The van der Waals surface area contributed by atoms with Crippen LogP contribution in [-0.4, -0.2) is 35.2 Å². The quantitative estimate of drug-likeness (QED) is 0.564. The molecule has 0 amide bonds. The molecule has 132 valence electrons. The fourth-order valence-corrected chi connectivity index (χ4v) is 3.73. The van der Waals surface area contributed by atoms with E-state index in [0.717, 1.165) is 33.8 Å². The van der Waals surface area contributed by atoms with E-state index in [0.29, 0.717) is 18.7 Å². The molecular formula is C18H20N8. The molecule has 4 N–H and O–H groups in total. The predicted octanol–water partition coefficient (Wildman–Crippen LogP) is 1.26. The van der Waals surface area contributed by atoms with E-state index in [2.05, 4.69) is 15.1 Å². The summed E-state index contributed by atoms with van der Waals surface area (Å²) in [4.78, 5) is 13.8. The van der Waals surface area contributed by atoms with Crippen molar-refractivity contribution in [1.82, 2.24) is 29.1 Å². The normalized spacial score (nSPS) is 22.8. The molecule has 0 radical (unpaired) electrons. The molecule has 1 fully saturated rings. The highest BCUT2D eigenvalue weighted by Gasteiger charge is 2.43. The van der Waals surface area contributed by atoms with E-state index in [-0.39, 0.29) is 6.04 Å². The van der Waals surface area contributed by atoms with Crippen molar-refractivity contribution in [3.63, 3.8) is 0 Å². The van der Waals surface area contributed by atoms with Crippen molar-refractivity contribution >= 4 is 16.7 Å². The highest BCUT2D eigenvalue weighted by molar-refractivity contribution is 5.82. The first-order chi connectivity index (χ1) is 12.4. The van der Waals surface area contributed by atoms with Crippen molar-refractivity contribution in [3.8, 4) is 11.3 Å². The van der Waals surface area contributed by atoms with Gasteiger partial charge in [-0.1, -0.05) is 0 Å². The highest BCUT2D eigenvalue weighted by atomic mass is 15.3. The fourth-order valence-electron chi connectivity index (χ4n) is 3.73. The summed E-state index contributed by atoms with van der Waals surface area (Å²) in [5, 5.41) is 4.61. The third-order valence-electron chi connectivity index (χ3n) is 5.33. The van der Waals surface area contributed by atoms with Gasteiger partial charge in [0.1, 0.15) is 11.3 Å². The van der Waals surface area contributed by atoms with E-state index in [1.165, 1.54) is 0 Å². The molecule has 0 bridgehead atoms. The minimum absolute atomic E-state index is 0.137. The van der Waals surface area contributed by atoms with Crippen LogP contribution >= 0.6 is 0 Å². The zero-order chi connectivity index (χ0) is 18.1. The number of aryl methyl sites for hydroxylation is 2. The number of fused-ring (bicyclic) bond motifs is 2. The SMILES string of the molecule is Cc1nc2ccc(-c3ccn4nc(C5(N)CC(N)C5)ncc34)nc2n1C. The van der Waals surface area contributed by atoms with Gasteiger partial charge in [0.05, 0.1) is 22.9 Å². The lowest BCUT2D eigenvalue weighted by atomic mass is 9.73. The zero-order valence-corrected chi connectivity index (χ0v) is 14.7. The Morgan fingerprint density at radius 2 is 2.00 bits per heavy atom. The van der Waals surface area contributed by atoms with Crippen molar-refractivity contribution in [1.29, 1.82) is 0 Å². The molecule has 0 aliphatic heterocycles. The summed E-state index contributed by atoms with van der Waals surface area (Å²) < 4.78 is 3.81. The van der Waals surface area contributed by atoms with Gasteiger partial charge in [-0.3, -0.25) is 0 Å². The molecule has 0 saturated heterocycles. The maximum absolute atomic E-state index is 6.36. The van der Waals surface area contributed by atoms with Crippen LogP contribution in [0.1, 0.15) is 24.5 Å². The molecule has 26 heavy (non-hydrogen) atoms. The first kappa shape index (κ1) is 15.4. The molecule has 8 heteroatoms. The lowest BCUT2D eigenvalue weighted by Gasteiger charge is -2.41. The second kappa shape index (κ2) is 5.09. The van der Waals surface area contributed by atoms with Gasteiger partial charge in [0.15, 0.2) is 11.5 Å². The van der Waals surface area contributed by atoms with Gasteiger partial charge < -0.3 is 16.0 Å². The van der Waals surface area contributed by atoms with Crippen LogP contribution in [0, 0.1) is 6.92 Å². The Hall–Kier alpha value is -2.84. The lowest BCUT2D eigenvalue weighted by molar-refractivity contribution is 0.196. The summed E-state index contributed by atoms with van der Waals surface area (Å²) in [6, 6.07) is 6.11. The number of hydrogen-bond acceptors (Lipinski definition) is 6. The minimum Gasteiger partial charge on any atom is -0.328 e. The molecule has 5 rings (SSSR count). The third kappa shape index (κ3) is 2.09. The van der Waals surface area contributed by atoms with Crippen molar-refractivity contribution in [2.45, 2.75) is 31.3 Å². The van der Waals surface area contributed by atoms with Crippen LogP contribution in [0.25, 0.3) is 27.9 Å². The first-order valence-corrected chi connectivity index (χ1v) is 8.64. The van der Waals surface area contributed by atoms with Gasteiger partial charge in [0, 0.05) is 24.8 Å². The van der Waals surface area contributed by atoms with Gasteiger partial charge in [-0.25, -0.2) is 19.5 Å². The molecule has 1 saturated carbocycles. The molecule has 0 atom stereocenters. The molecule has 0 unspecified atom stereocenters. The number of imidazole rings is 1. The number of aromatic nitrogens is 6. The van der Waals surface area contributed by atoms with E-state index < -0.39 is 5.54 Å². The van der Waals surface area contributed by atoms with E-state index in [9.17, 15) is 0 Å². The molecule has 4 heterocycles. The summed E-state index contributed by atoms with van der Waals surface area (Å²) in [7, 11) is 1.97.